The van der Waals surface area contributed by atoms with Gasteiger partial charge in [0.15, 0.2) is 0 Å². The summed E-state index contributed by atoms with van der Waals surface area (Å²) >= 11 is 0. The first-order valence-corrected chi connectivity index (χ1v) is 5.87. The third kappa shape index (κ3) is 8.31. The molecule has 0 aromatic rings. The molecule has 0 aliphatic heterocycles. The van der Waals surface area contributed by atoms with Crippen LogP contribution in [0.25, 0.3) is 0 Å². The van der Waals surface area contributed by atoms with E-state index in [-0.39, 0.29) is 0 Å². The van der Waals surface area contributed by atoms with Crippen LogP contribution in [0.1, 0.15) is 46.0 Å². The highest BCUT2D eigenvalue weighted by Crippen LogP contribution is 2.16. The molecule has 0 spiro atoms. The Morgan fingerprint density at radius 3 is 2.43 bits per heavy atom. The molecule has 0 fully saturated rings. The van der Waals surface area contributed by atoms with Crippen molar-refractivity contribution >= 4 is 0 Å². The molecule has 0 amide bonds. The maximum atomic E-state index is 4.14. The average molecular weight is 197 g/mol. The predicted octanol–water partition coefficient (Wildman–Crippen LogP) is 3.71. The fourth-order valence-electron chi connectivity index (χ4n) is 1.42. The zero-order valence-corrected chi connectivity index (χ0v) is 10.5. The van der Waals surface area contributed by atoms with E-state index in [1.807, 2.05) is 0 Å². The van der Waals surface area contributed by atoms with E-state index in [0.717, 1.165) is 5.92 Å². The quantitative estimate of drug-likeness (QED) is 0.536. The summed E-state index contributed by atoms with van der Waals surface area (Å²) in [4.78, 5) is 2.24. The molecule has 0 radical (unpaired) electrons. The van der Waals surface area contributed by atoms with Crippen molar-refractivity contribution in [2.24, 2.45) is 5.92 Å². The number of nitrogens with zero attached hydrogens (tertiary/aromatic N) is 1. The molecule has 0 saturated carbocycles. The maximum absolute atomic E-state index is 4.14. The van der Waals surface area contributed by atoms with E-state index >= 15 is 0 Å². The van der Waals surface area contributed by atoms with E-state index in [1.165, 1.54) is 44.2 Å². The molecule has 0 N–H and O–H groups in total. The summed E-state index contributed by atoms with van der Waals surface area (Å²) in [7, 11) is 4.25. The highest BCUT2D eigenvalue weighted by atomic mass is 15.0. The third-order valence-corrected chi connectivity index (χ3v) is 2.82. The second-order valence-electron chi connectivity index (χ2n) is 4.71. The second-order valence-corrected chi connectivity index (χ2v) is 4.71. The molecule has 0 aromatic heterocycles. The molecule has 0 saturated heterocycles. The molecule has 0 aromatic carbocycles. The molecule has 0 aliphatic rings. The van der Waals surface area contributed by atoms with E-state index in [9.17, 15) is 0 Å². The summed E-state index contributed by atoms with van der Waals surface area (Å²) in [5.41, 5.74) is 1.44. The molecule has 1 unspecified atom stereocenters. The van der Waals surface area contributed by atoms with Gasteiger partial charge in [-0.3, -0.25) is 0 Å². The molecule has 0 bridgehead atoms. The van der Waals surface area contributed by atoms with Gasteiger partial charge in [-0.1, -0.05) is 32.4 Å². The van der Waals surface area contributed by atoms with Gasteiger partial charge >= 0.3 is 0 Å². The Hall–Kier alpha value is -0.300. The largest absolute Gasteiger partial charge is 0.309 e. The lowest BCUT2D eigenvalue weighted by Gasteiger charge is -2.12. The number of hydrogen-bond acceptors (Lipinski definition) is 1. The standard InChI is InChI=1S/C13H27N/c1-6-12(2)9-10-13(3)8-7-11-14(4)5/h12H,3,6-11H2,1-2,4-5H3. The SMILES string of the molecule is C=C(CCCN(C)C)CCC(C)CC. The second kappa shape index (κ2) is 8.05. The molecule has 1 nitrogen and oxygen atoms in total. The minimum absolute atomic E-state index is 0.862. The first-order chi connectivity index (χ1) is 6.56. The molecule has 84 valence electrons. The normalized spacial score (nSPS) is 13.2. The maximum Gasteiger partial charge on any atom is -0.00218 e. The highest BCUT2D eigenvalue weighted by Gasteiger charge is 2.01. The fourth-order valence-corrected chi connectivity index (χ4v) is 1.42. The monoisotopic (exact) mass is 197 g/mol. The molecule has 1 heteroatoms. The summed E-state index contributed by atoms with van der Waals surface area (Å²) in [6.07, 6.45) is 6.30. The van der Waals surface area contributed by atoms with Crippen molar-refractivity contribution in [1.82, 2.24) is 4.90 Å². The smallest absolute Gasteiger partial charge is 0.00218 e. The Morgan fingerprint density at radius 1 is 1.29 bits per heavy atom. The molecule has 1 atom stereocenters. The molecule has 14 heavy (non-hydrogen) atoms. The average Bonchev–Trinajstić information content (AvgIpc) is 2.13. The molecular formula is C13H27N. The zero-order valence-electron chi connectivity index (χ0n) is 10.5. The Bertz CT molecular complexity index is 149. The van der Waals surface area contributed by atoms with Gasteiger partial charge in [-0.05, 0) is 52.2 Å². The Labute approximate surface area is 90.2 Å². The van der Waals surface area contributed by atoms with Gasteiger partial charge in [0.25, 0.3) is 0 Å². The topological polar surface area (TPSA) is 3.24 Å². The lowest BCUT2D eigenvalue weighted by Crippen LogP contribution is -2.12. The molecular weight excluding hydrogens is 170 g/mol. The van der Waals surface area contributed by atoms with E-state index < -0.39 is 0 Å². The van der Waals surface area contributed by atoms with Crippen molar-refractivity contribution in [3.8, 4) is 0 Å². The van der Waals surface area contributed by atoms with Crippen molar-refractivity contribution in [2.75, 3.05) is 20.6 Å². The van der Waals surface area contributed by atoms with Gasteiger partial charge in [0.2, 0.25) is 0 Å². The summed E-state index contributed by atoms with van der Waals surface area (Å²) in [6, 6.07) is 0. The number of allylic oxidation sites excluding steroid dienone is 1. The van der Waals surface area contributed by atoms with Crippen LogP contribution in [0.2, 0.25) is 0 Å². The van der Waals surface area contributed by atoms with Crippen LogP contribution in [0, 0.1) is 5.92 Å². The fraction of sp³-hybridized carbons (Fsp3) is 0.846. The number of rotatable bonds is 8. The van der Waals surface area contributed by atoms with Crippen LogP contribution in [0.5, 0.6) is 0 Å². The van der Waals surface area contributed by atoms with Gasteiger partial charge in [0, 0.05) is 0 Å². The lowest BCUT2D eigenvalue weighted by molar-refractivity contribution is 0.398. The molecule has 0 rings (SSSR count). The molecule has 0 aliphatic carbocycles. The van der Waals surface area contributed by atoms with E-state index in [2.05, 4.69) is 39.4 Å². The van der Waals surface area contributed by atoms with Gasteiger partial charge in [0.05, 0.1) is 0 Å². The highest BCUT2D eigenvalue weighted by molar-refractivity contribution is 4.93. The van der Waals surface area contributed by atoms with Gasteiger partial charge in [-0.2, -0.15) is 0 Å². The van der Waals surface area contributed by atoms with Crippen molar-refractivity contribution < 1.29 is 0 Å². The van der Waals surface area contributed by atoms with Crippen LogP contribution in [0.3, 0.4) is 0 Å². The third-order valence-electron chi connectivity index (χ3n) is 2.82. The van der Waals surface area contributed by atoms with E-state index in [1.54, 1.807) is 0 Å². The first kappa shape index (κ1) is 13.7. The molecule has 0 heterocycles. The van der Waals surface area contributed by atoms with Crippen LogP contribution in [0.15, 0.2) is 12.2 Å². The van der Waals surface area contributed by atoms with Crippen LogP contribution in [0.4, 0.5) is 0 Å². The number of hydrogen-bond donors (Lipinski definition) is 0. The summed E-state index contributed by atoms with van der Waals surface area (Å²) in [5.74, 6) is 0.862. The van der Waals surface area contributed by atoms with Gasteiger partial charge in [-0.15, -0.1) is 0 Å². The Kier molecular flexibility index (Phi) is 7.87. The van der Waals surface area contributed by atoms with Crippen LogP contribution in [-0.4, -0.2) is 25.5 Å². The van der Waals surface area contributed by atoms with E-state index in [0.29, 0.717) is 0 Å². The van der Waals surface area contributed by atoms with Crippen molar-refractivity contribution in [3.63, 3.8) is 0 Å². The lowest BCUT2D eigenvalue weighted by atomic mass is 9.98. The van der Waals surface area contributed by atoms with Crippen LogP contribution < -0.4 is 0 Å². The van der Waals surface area contributed by atoms with Gasteiger partial charge in [-0.25, -0.2) is 0 Å². The summed E-state index contributed by atoms with van der Waals surface area (Å²) < 4.78 is 0. The Balaban J connectivity index is 3.37. The van der Waals surface area contributed by atoms with Crippen molar-refractivity contribution in [1.29, 1.82) is 0 Å². The zero-order chi connectivity index (χ0) is 11.0. The van der Waals surface area contributed by atoms with Gasteiger partial charge in [0.1, 0.15) is 0 Å². The summed E-state index contributed by atoms with van der Waals surface area (Å²) in [5, 5.41) is 0. The summed E-state index contributed by atoms with van der Waals surface area (Å²) in [6.45, 7) is 9.91. The predicted molar refractivity (Wildman–Crippen MR) is 65.6 cm³/mol. The minimum Gasteiger partial charge on any atom is -0.309 e. The van der Waals surface area contributed by atoms with Gasteiger partial charge < -0.3 is 4.90 Å². The minimum atomic E-state index is 0.862. The van der Waals surface area contributed by atoms with Crippen LogP contribution >= 0.6 is 0 Å². The van der Waals surface area contributed by atoms with Crippen LogP contribution in [-0.2, 0) is 0 Å². The van der Waals surface area contributed by atoms with Crippen molar-refractivity contribution in [2.45, 2.75) is 46.0 Å². The van der Waals surface area contributed by atoms with E-state index in [4.69, 9.17) is 0 Å². The van der Waals surface area contributed by atoms with Crippen molar-refractivity contribution in [3.05, 3.63) is 12.2 Å². The first-order valence-electron chi connectivity index (χ1n) is 5.87. The Morgan fingerprint density at radius 2 is 1.93 bits per heavy atom.